The van der Waals surface area contributed by atoms with E-state index in [1.807, 2.05) is 6.92 Å². The van der Waals surface area contributed by atoms with Crippen molar-refractivity contribution in [1.82, 2.24) is 0 Å². The normalized spacial score (nSPS) is 9.19. The van der Waals surface area contributed by atoms with Gasteiger partial charge in [-0.3, -0.25) is 0 Å². The summed E-state index contributed by atoms with van der Waals surface area (Å²) in [6.45, 7) is 6.11. The van der Waals surface area contributed by atoms with Crippen molar-refractivity contribution in [2.45, 2.75) is 26.2 Å². The predicted octanol–water partition coefficient (Wildman–Crippen LogP) is 0.805. The molecule has 0 spiro atoms. The fourth-order valence-corrected chi connectivity index (χ4v) is 0.728. The monoisotopic (exact) mass is 234 g/mol. The van der Waals surface area contributed by atoms with E-state index >= 15 is 0 Å². The molecule has 0 amide bonds. The topological polar surface area (TPSA) is 87.0 Å². The van der Waals surface area contributed by atoms with Gasteiger partial charge in [0.15, 0.2) is 0 Å². The number of hydrogen-bond acceptors (Lipinski definition) is 4. The van der Waals surface area contributed by atoms with Crippen LogP contribution in [0, 0.1) is 0 Å². The van der Waals surface area contributed by atoms with Crippen LogP contribution >= 0.6 is 0 Å². The molecule has 0 saturated heterocycles. The summed E-state index contributed by atoms with van der Waals surface area (Å²) in [5.41, 5.74) is 0.317. The second kappa shape index (κ2) is 14.1. The minimum Gasteiger partial charge on any atom is -0.478 e. The number of ether oxygens (including phenoxy) is 1. The predicted molar refractivity (Wildman–Crippen MR) is 61.3 cm³/mol. The number of carboxylic acids is 1. The molecule has 0 aromatic heterocycles. The number of rotatable bonds is 8. The number of aliphatic hydroxyl groups is 2. The minimum absolute atomic E-state index is 0.0278. The van der Waals surface area contributed by atoms with E-state index in [9.17, 15) is 4.79 Å². The maximum absolute atomic E-state index is 10.1. The molecule has 0 aromatic rings. The highest BCUT2D eigenvalue weighted by Gasteiger charge is 2.00. The van der Waals surface area contributed by atoms with Crippen molar-refractivity contribution in [3.63, 3.8) is 0 Å². The number of aliphatic hydroxyl groups excluding tert-OH is 2. The smallest absolute Gasteiger partial charge is 0.330 e. The summed E-state index contributed by atoms with van der Waals surface area (Å²) >= 11 is 0. The average Bonchev–Trinajstić information content (AvgIpc) is 2.27. The van der Waals surface area contributed by atoms with Crippen LogP contribution in [0.5, 0.6) is 0 Å². The Hall–Kier alpha value is -0.910. The third-order valence-electron chi connectivity index (χ3n) is 1.61. The van der Waals surface area contributed by atoms with E-state index in [4.69, 9.17) is 15.3 Å². The van der Waals surface area contributed by atoms with E-state index < -0.39 is 5.97 Å². The summed E-state index contributed by atoms with van der Waals surface area (Å²) in [5, 5.41) is 24.5. The molecule has 5 heteroatoms. The first-order valence-electron chi connectivity index (χ1n) is 5.30. The Kier molecular flexibility index (Phi) is 15.4. The van der Waals surface area contributed by atoms with Gasteiger partial charge in [-0.25, -0.2) is 4.79 Å². The molecule has 0 aliphatic rings. The molecule has 16 heavy (non-hydrogen) atoms. The van der Waals surface area contributed by atoms with Gasteiger partial charge in [-0.15, -0.1) is 0 Å². The molecule has 0 rings (SSSR count). The van der Waals surface area contributed by atoms with E-state index in [-0.39, 0.29) is 13.2 Å². The zero-order chi connectivity index (χ0) is 12.8. The first-order valence-corrected chi connectivity index (χ1v) is 5.30. The highest BCUT2D eigenvalue weighted by Crippen LogP contribution is 2.03. The molecule has 0 aliphatic carbocycles. The molecule has 0 radical (unpaired) electrons. The molecule has 0 aromatic carbocycles. The Morgan fingerprint density at radius 2 is 1.75 bits per heavy atom. The fraction of sp³-hybridized carbons (Fsp3) is 0.727. The molecular weight excluding hydrogens is 212 g/mol. The second-order valence-electron chi connectivity index (χ2n) is 3.07. The molecule has 0 saturated carbocycles. The molecule has 0 atom stereocenters. The lowest BCUT2D eigenvalue weighted by atomic mass is 10.1. The van der Waals surface area contributed by atoms with Crippen LogP contribution < -0.4 is 0 Å². The van der Waals surface area contributed by atoms with E-state index in [1.54, 1.807) is 0 Å². The van der Waals surface area contributed by atoms with Crippen molar-refractivity contribution in [3.8, 4) is 0 Å². The Morgan fingerprint density at radius 1 is 1.25 bits per heavy atom. The Bertz CT molecular complexity index is 175. The van der Waals surface area contributed by atoms with Crippen molar-refractivity contribution in [2.75, 3.05) is 26.4 Å². The molecule has 5 nitrogen and oxygen atoms in total. The SMILES string of the molecule is C=C(CCCC)C(=O)O.OCCOCCO. The molecule has 0 aliphatic heterocycles. The average molecular weight is 234 g/mol. The summed E-state index contributed by atoms with van der Waals surface area (Å²) in [7, 11) is 0. The zero-order valence-corrected chi connectivity index (χ0v) is 9.81. The fourth-order valence-electron chi connectivity index (χ4n) is 0.728. The zero-order valence-electron chi connectivity index (χ0n) is 9.81. The molecule has 0 heterocycles. The lowest BCUT2D eigenvalue weighted by molar-refractivity contribution is -0.132. The van der Waals surface area contributed by atoms with Crippen molar-refractivity contribution < 1.29 is 24.9 Å². The lowest BCUT2D eigenvalue weighted by Gasteiger charge is -1.95. The lowest BCUT2D eigenvalue weighted by Crippen LogP contribution is -2.03. The maximum Gasteiger partial charge on any atom is 0.330 e. The first-order chi connectivity index (χ1) is 7.59. The van der Waals surface area contributed by atoms with Gasteiger partial charge in [-0.2, -0.15) is 0 Å². The summed E-state index contributed by atoms with van der Waals surface area (Å²) < 4.78 is 4.63. The van der Waals surface area contributed by atoms with Gasteiger partial charge in [0, 0.05) is 5.57 Å². The molecule has 3 N–H and O–H groups in total. The number of unbranched alkanes of at least 4 members (excludes halogenated alkanes) is 1. The van der Waals surface area contributed by atoms with E-state index in [2.05, 4.69) is 11.3 Å². The van der Waals surface area contributed by atoms with E-state index in [0.717, 1.165) is 12.8 Å². The Morgan fingerprint density at radius 3 is 2.06 bits per heavy atom. The van der Waals surface area contributed by atoms with Crippen LogP contribution in [0.1, 0.15) is 26.2 Å². The number of carbonyl (C=O) groups is 1. The summed E-state index contributed by atoms with van der Waals surface area (Å²) in [4.78, 5) is 10.1. The quantitative estimate of drug-likeness (QED) is 0.427. The van der Waals surface area contributed by atoms with Gasteiger partial charge in [0.1, 0.15) is 0 Å². The molecule has 0 fully saturated rings. The van der Waals surface area contributed by atoms with Gasteiger partial charge >= 0.3 is 5.97 Å². The molecule has 96 valence electrons. The van der Waals surface area contributed by atoms with Crippen LogP contribution in [0.4, 0.5) is 0 Å². The van der Waals surface area contributed by atoms with Crippen LogP contribution in [-0.2, 0) is 9.53 Å². The van der Waals surface area contributed by atoms with Crippen LogP contribution in [0.3, 0.4) is 0 Å². The Balaban J connectivity index is 0. The number of carboxylic acid groups (broad SMARTS) is 1. The number of hydrogen-bond donors (Lipinski definition) is 3. The van der Waals surface area contributed by atoms with Crippen molar-refractivity contribution in [2.24, 2.45) is 0 Å². The van der Waals surface area contributed by atoms with Crippen LogP contribution in [0.25, 0.3) is 0 Å². The van der Waals surface area contributed by atoms with Crippen molar-refractivity contribution in [1.29, 1.82) is 0 Å². The van der Waals surface area contributed by atoms with Crippen LogP contribution in [0.15, 0.2) is 12.2 Å². The summed E-state index contributed by atoms with van der Waals surface area (Å²) in [6.07, 6.45) is 2.56. The molecule has 0 bridgehead atoms. The highest BCUT2D eigenvalue weighted by atomic mass is 16.5. The largest absolute Gasteiger partial charge is 0.478 e. The van der Waals surface area contributed by atoms with Gasteiger partial charge in [-0.1, -0.05) is 19.9 Å². The summed E-state index contributed by atoms with van der Waals surface area (Å²) in [6, 6.07) is 0. The van der Waals surface area contributed by atoms with Crippen molar-refractivity contribution >= 4 is 5.97 Å². The molecular formula is C11H22O5. The van der Waals surface area contributed by atoms with Crippen LogP contribution in [0.2, 0.25) is 0 Å². The van der Waals surface area contributed by atoms with Crippen LogP contribution in [-0.4, -0.2) is 47.7 Å². The third-order valence-corrected chi connectivity index (χ3v) is 1.61. The van der Waals surface area contributed by atoms with Crippen molar-refractivity contribution in [3.05, 3.63) is 12.2 Å². The first kappa shape index (κ1) is 17.5. The maximum atomic E-state index is 10.1. The Labute approximate surface area is 96.4 Å². The van der Waals surface area contributed by atoms with E-state index in [1.165, 1.54) is 0 Å². The minimum atomic E-state index is -0.872. The third kappa shape index (κ3) is 15.6. The van der Waals surface area contributed by atoms with Gasteiger partial charge in [0.05, 0.1) is 26.4 Å². The van der Waals surface area contributed by atoms with Gasteiger partial charge < -0.3 is 20.1 Å². The second-order valence-corrected chi connectivity index (χ2v) is 3.07. The van der Waals surface area contributed by atoms with E-state index in [0.29, 0.717) is 25.2 Å². The number of aliphatic carboxylic acids is 1. The van der Waals surface area contributed by atoms with Gasteiger partial charge in [0.25, 0.3) is 0 Å². The van der Waals surface area contributed by atoms with Gasteiger partial charge in [0.2, 0.25) is 0 Å². The highest BCUT2D eigenvalue weighted by molar-refractivity contribution is 5.85. The van der Waals surface area contributed by atoms with Gasteiger partial charge in [-0.05, 0) is 12.8 Å². The molecule has 0 unspecified atom stereocenters. The summed E-state index contributed by atoms with van der Waals surface area (Å²) in [5.74, 6) is -0.872. The standard InChI is InChI=1S/C7H12O2.C4H10O3/c1-3-4-5-6(2)7(8)9;5-1-3-7-4-2-6/h2-5H2,1H3,(H,8,9);5-6H,1-4H2.